The van der Waals surface area contributed by atoms with Crippen LogP contribution in [0.1, 0.15) is 38.5 Å². The molecule has 0 aromatic heterocycles. The number of carboxylic acid groups (broad SMARTS) is 1. The Balaban J connectivity index is 2.14. The number of rotatable bonds is 6. The predicted octanol–water partition coefficient (Wildman–Crippen LogP) is 0.701. The van der Waals surface area contributed by atoms with Crippen molar-refractivity contribution in [3.8, 4) is 0 Å². The Morgan fingerprint density at radius 1 is 1.22 bits per heavy atom. The number of aliphatic carboxylic acids is 1. The Labute approximate surface area is 107 Å². The number of carboxylic acids is 1. The molecule has 6 nitrogen and oxygen atoms in total. The molecule has 0 spiro atoms. The minimum Gasteiger partial charge on any atom is -0.480 e. The van der Waals surface area contributed by atoms with Crippen LogP contribution in [-0.4, -0.2) is 41.4 Å². The summed E-state index contributed by atoms with van der Waals surface area (Å²) in [6.07, 6.45) is 7.21. The van der Waals surface area contributed by atoms with E-state index in [2.05, 4.69) is 10.6 Å². The normalized spacial score (nSPS) is 18.1. The largest absolute Gasteiger partial charge is 0.480 e. The second-order valence-electron chi connectivity index (χ2n) is 4.77. The molecule has 1 fully saturated rings. The van der Waals surface area contributed by atoms with Gasteiger partial charge >= 0.3 is 12.0 Å². The zero-order chi connectivity index (χ0) is 13.4. The van der Waals surface area contributed by atoms with E-state index in [1.165, 1.54) is 32.1 Å². The fourth-order valence-corrected chi connectivity index (χ4v) is 2.26. The van der Waals surface area contributed by atoms with Gasteiger partial charge in [-0.25, -0.2) is 9.59 Å². The van der Waals surface area contributed by atoms with Crippen LogP contribution in [0.2, 0.25) is 0 Å². The minimum atomic E-state index is -1.24. The van der Waals surface area contributed by atoms with Gasteiger partial charge in [-0.05, 0) is 12.3 Å². The molecule has 1 atom stereocenters. The Bertz CT molecular complexity index is 277. The molecule has 1 aliphatic rings. The highest BCUT2D eigenvalue weighted by molar-refractivity contribution is 5.82. The van der Waals surface area contributed by atoms with Gasteiger partial charge in [0, 0.05) is 6.54 Å². The summed E-state index contributed by atoms with van der Waals surface area (Å²) in [6, 6.07) is -1.77. The van der Waals surface area contributed by atoms with Gasteiger partial charge in [-0.1, -0.05) is 32.1 Å². The Kier molecular flexibility index (Phi) is 6.49. The lowest BCUT2D eigenvalue weighted by Gasteiger charge is -2.21. The molecule has 0 aromatic carbocycles. The molecule has 4 N–H and O–H groups in total. The molecule has 1 aliphatic carbocycles. The van der Waals surface area contributed by atoms with E-state index in [1.807, 2.05) is 0 Å². The van der Waals surface area contributed by atoms with Crippen molar-refractivity contribution in [3.05, 3.63) is 0 Å². The number of carbonyl (C=O) groups excluding carboxylic acids is 1. The van der Waals surface area contributed by atoms with E-state index in [1.54, 1.807) is 0 Å². The molecule has 0 aliphatic heterocycles. The first kappa shape index (κ1) is 14.8. The summed E-state index contributed by atoms with van der Waals surface area (Å²) in [4.78, 5) is 21.9. The summed E-state index contributed by atoms with van der Waals surface area (Å²) in [7, 11) is 0. The third-order valence-corrected chi connectivity index (χ3v) is 3.35. The van der Waals surface area contributed by atoms with Crippen molar-refractivity contribution >= 4 is 12.0 Å². The van der Waals surface area contributed by atoms with E-state index in [4.69, 9.17) is 10.2 Å². The van der Waals surface area contributed by atoms with E-state index in [-0.39, 0.29) is 0 Å². The van der Waals surface area contributed by atoms with Crippen LogP contribution in [0.3, 0.4) is 0 Å². The topological polar surface area (TPSA) is 98.7 Å². The standard InChI is InChI=1S/C12H22N2O4/c15-8-10(11(16)17)14-12(18)13-7-6-9-4-2-1-3-5-9/h9-10,15H,1-8H2,(H,16,17)(H2,13,14,18)/t10-/m0/s1. The molecular formula is C12H22N2O4. The molecule has 18 heavy (non-hydrogen) atoms. The van der Waals surface area contributed by atoms with Crippen molar-refractivity contribution in [1.29, 1.82) is 0 Å². The second kappa shape index (κ2) is 7.92. The van der Waals surface area contributed by atoms with Crippen LogP contribution in [0.25, 0.3) is 0 Å². The monoisotopic (exact) mass is 258 g/mol. The number of urea groups is 1. The van der Waals surface area contributed by atoms with Crippen molar-refractivity contribution in [2.75, 3.05) is 13.2 Å². The van der Waals surface area contributed by atoms with Gasteiger partial charge in [0.05, 0.1) is 6.61 Å². The highest BCUT2D eigenvalue weighted by Gasteiger charge is 2.18. The van der Waals surface area contributed by atoms with Crippen molar-refractivity contribution in [3.63, 3.8) is 0 Å². The molecule has 6 heteroatoms. The van der Waals surface area contributed by atoms with Gasteiger partial charge in [0.25, 0.3) is 0 Å². The average Bonchev–Trinajstić information content (AvgIpc) is 2.37. The molecule has 0 bridgehead atoms. The quantitative estimate of drug-likeness (QED) is 0.563. The van der Waals surface area contributed by atoms with Crippen LogP contribution in [-0.2, 0) is 4.79 Å². The zero-order valence-electron chi connectivity index (χ0n) is 10.5. The first-order chi connectivity index (χ1) is 8.63. The molecular weight excluding hydrogens is 236 g/mol. The molecule has 104 valence electrons. The van der Waals surface area contributed by atoms with E-state index in [9.17, 15) is 9.59 Å². The minimum absolute atomic E-state index is 0.535. The fourth-order valence-electron chi connectivity index (χ4n) is 2.26. The van der Waals surface area contributed by atoms with E-state index in [0.29, 0.717) is 12.5 Å². The maximum Gasteiger partial charge on any atom is 0.328 e. The lowest BCUT2D eigenvalue weighted by atomic mass is 9.87. The molecule has 0 aromatic rings. The third-order valence-electron chi connectivity index (χ3n) is 3.35. The number of amides is 2. The van der Waals surface area contributed by atoms with Gasteiger partial charge in [-0.2, -0.15) is 0 Å². The number of aliphatic hydroxyl groups excluding tert-OH is 1. The molecule has 0 saturated heterocycles. The van der Waals surface area contributed by atoms with Gasteiger partial charge in [0.15, 0.2) is 6.04 Å². The van der Waals surface area contributed by atoms with Crippen LogP contribution < -0.4 is 10.6 Å². The number of carbonyl (C=O) groups is 2. The smallest absolute Gasteiger partial charge is 0.328 e. The van der Waals surface area contributed by atoms with Crippen molar-refractivity contribution < 1.29 is 19.8 Å². The first-order valence-corrected chi connectivity index (χ1v) is 6.51. The fraction of sp³-hybridized carbons (Fsp3) is 0.833. The number of hydrogen-bond donors (Lipinski definition) is 4. The van der Waals surface area contributed by atoms with Gasteiger partial charge in [-0.3, -0.25) is 0 Å². The average molecular weight is 258 g/mol. The van der Waals surface area contributed by atoms with Crippen LogP contribution in [0, 0.1) is 5.92 Å². The molecule has 1 rings (SSSR count). The lowest BCUT2D eigenvalue weighted by molar-refractivity contribution is -0.140. The van der Waals surface area contributed by atoms with Crippen LogP contribution in [0.4, 0.5) is 4.79 Å². The lowest BCUT2D eigenvalue weighted by Crippen LogP contribution is -2.48. The third kappa shape index (κ3) is 5.35. The number of nitrogens with one attached hydrogen (secondary N) is 2. The van der Waals surface area contributed by atoms with Gasteiger partial charge < -0.3 is 20.8 Å². The predicted molar refractivity (Wildman–Crippen MR) is 66.2 cm³/mol. The first-order valence-electron chi connectivity index (χ1n) is 6.51. The number of aliphatic hydroxyl groups is 1. The zero-order valence-corrected chi connectivity index (χ0v) is 10.5. The summed E-state index contributed by atoms with van der Waals surface area (Å²) in [6.45, 7) is -0.0559. The molecule has 0 heterocycles. The summed E-state index contributed by atoms with van der Waals surface area (Å²) in [5.74, 6) is -0.563. The molecule has 0 radical (unpaired) electrons. The molecule has 1 saturated carbocycles. The van der Waals surface area contributed by atoms with Gasteiger partial charge in [-0.15, -0.1) is 0 Å². The van der Waals surface area contributed by atoms with Gasteiger partial charge in [0.2, 0.25) is 0 Å². The summed E-state index contributed by atoms with van der Waals surface area (Å²) in [5.41, 5.74) is 0. The van der Waals surface area contributed by atoms with Crippen molar-refractivity contribution in [2.24, 2.45) is 5.92 Å². The maximum absolute atomic E-state index is 11.4. The molecule has 0 unspecified atom stereocenters. The van der Waals surface area contributed by atoms with Crippen LogP contribution >= 0.6 is 0 Å². The maximum atomic E-state index is 11.4. The van der Waals surface area contributed by atoms with Crippen LogP contribution in [0.5, 0.6) is 0 Å². The highest BCUT2D eigenvalue weighted by Crippen LogP contribution is 2.25. The highest BCUT2D eigenvalue weighted by atomic mass is 16.4. The SMILES string of the molecule is O=C(NCCC1CCCCC1)N[C@@H](CO)C(=O)O. The Morgan fingerprint density at radius 3 is 2.44 bits per heavy atom. The van der Waals surface area contributed by atoms with Crippen LogP contribution in [0.15, 0.2) is 0 Å². The summed E-state index contributed by atoms with van der Waals surface area (Å²) in [5, 5.41) is 22.2. The van der Waals surface area contributed by atoms with E-state index < -0.39 is 24.6 Å². The summed E-state index contributed by atoms with van der Waals surface area (Å²) >= 11 is 0. The van der Waals surface area contributed by atoms with E-state index >= 15 is 0 Å². The molecule has 2 amide bonds. The van der Waals surface area contributed by atoms with Crippen molar-refractivity contribution in [2.45, 2.75) is 44.6 Å². The van der Waals surface area contributed by atoms with E-state index in [0.717, 1.165) is 6.42 Å². The van der Waals surface area contributed by atoms with Gasteiger partial charge in [0.1, 0.15) is 0 Å². The number of hydrogen-bond acceptors (Lipinski definition) is 3. The second-order valence-corrected chi connectivity index (χ2v) is 4.77. The van der Waals surface area contributed by atoms with Crippen molar-refractivity contribution in [1.82, 2.24) is 10.6 Å². The Morgan fingerprint density at radius 2 is 1.89 bits per heavy atom. The Hall–Kier alpha value is -1.30. The summed E-state index contributed by atoms with van der Waals surface area (Å²) < 4.78 is 0.